The van der Waals surface area contributed by atoms with E-state index in [4.69, 9.17) is 28.3 Å². The first kappa shape index (κ1) is 15.6. The van der Waals surface area contributed by atoms with Gasteiger partial charge in [-0.2, -0.15) is 5.10 Å². The van der Waals surface area contributed by atoms with Gasteiger partial charge in [-0.15, -0.1) is 0 Å². The van der Waals surface area contributed by atoms with Crippen LogP contribution in [0, 0.1) is 0 Å². The van der Waals surface area contributed by atoms with Gasteiger partial charge in [0.2, 0.25) is 0 Å². The highest BCUT2D eigenvalue weighted by molar-refractivity contribution is 7.92. The zero-order valence-corrected chi connectivity index (χ0v) is 12.7. The number of hydrogen-bond acceptors (Lipinski definition) is 4. The van der Waals surface area contributed by atoms with Gasteiger partial charge in [-0.05, 0) is 12.1 Å². The van der Waals surface area contributed by atoms with E-state index in [1.54, 1.807) is 0 Å². The lowest BCUT2D eigenvalue weighted by atomic mass is 10.4. The lowest BCUT2D eigenvalue weighted by molar-refractivity contribution is -0.137. The monoisotopic (exact) mass is 349 g/mol. The zero-order chi connectivity index (χ0) is 15.6. The lowest BCUT2D eigenvalue weighted by Gasteiger charge is -2.08. The van der Waals surface area contributed by atoms with Crippen LogP contribution in [0.15, 0.2) is 35.5 Å². The fourth-order valence-electron chi connectivity index (χ4n) is 1.54. The summed E-state index contributed by atoms with van der Waals surface area (Å²) in [6, 6.07) is 4.22. The van der Waals surface area contributed by atoms with E-state index in [-0.39, 0.29) is 27.2 Å². The maximum Gasteiger partial charge on any atom is 0.325 e. The molecule has 0 aliphatic rings. The van der Waals surface area contributed by atoms with Crippen molar-refractivity contribution in [2.45, 2.75) is 11.4 Å². The molecule has 0 radical (unpaired) electrons. The molecule has 0 spiro atoms. The van der Waals surface area contributed by atoms with E-state index in [1.807, 2.05) is 0 Å². The normalized spacial score (nSPS) is 11.3. The second-order valence-corrected chi connectivity index (χ2v) is 6.41. The summed E-state index contributed by atoms with van der Waals surface area (Å²) in [5.74, 6) is -1.09. The standard InChI is InChI=1S/C11H9Cl2N3O4S/c12-8-2-1-3-9(11(8)13)21(19,20)15-7-4-14-16(5-7)6-10(17)18/h1-5,15H,6H2,(H,17,18). The Bertz CT molecular complexity index is 789. The highest BCUT2D eigenvalue weighted by atomic mass is 35.5. The fourth-order valence-corrected chi connectivity index (χ4v) is 3.33. The van der Waals surface area contributed by atoms with E-state index in [0.29, 0.717) is 0 Å². The van der Waals surface area contributed by atoms with Crippen molar-refractivity contribution in [3.05, 3.63) is 40.6 Å². The van der Waals surface area contributed by atoms with Crippen LogP contribution in [0.25, 0.3) is 0 Å². The summed E-state index contributed by atoms with van der Waals surface area (Å²) in [6.07, 6.45) is 2.45. The Kier molecular flexibility index (Phi) is 4.40. The molecule has 0 bridgehead atoms. The number of sulfonamides is 1. The van der Waals surface area contributed by atoms with Crippen molar-refractivity contribution in [3.8, 4) is 0 Å². The van der Waals surface area contributed by atoms with Crippen molar-refractivity contribution in [2.75, 3.05) is 4.72 Å². The summed E-state index contributed by atoms with van der Waals surface area (Å²) in [7, 11) is -3.95. The van der Waals surface area contributed by atoms with Gasteiger partial charge >= 0.3 is 5.97 Å². The predicted octanol–water partition coefficient (Wildman–Crippen LogP) is 2.08. The van der Waals surface area contributed by atoms with E-state index in [1.165, 1.54) is 30.6 Å². The molecule has 112 valence electrons. The number of aromatic nitrogens is 2. The average Bonchev–Trinajstić information content (AvgIpc) is 2.78. The number of hydrogen-bond donors (Lipinski definition) is 2. The molecule has 2 N–H and O–H groups in total. The van der Waals surface area contributed by atoms with E-state index in [9.17, 15) is 13.2 Å². The molecule has 0 saturated heterocycles. The summed E-state index contributed by atoms with van der Waals surface area (Å²) < 4.78 is 27.7. The summed E-state index contributed by atoms with van der Waals surface area (Å²) in [6.45, 7) is -0.375. The predicted molar refractivity (Wildman–Crippen MR) is 77.1 cm³/mol. The number of rotatable bonds is 5. The minimum absolute atomic E-state index is 0.0930. The second-order valence-electron chi connectivity index (χ2n) is 3.98. The van der Waals surface area contributed by atoms with E-state index >= 15 is 0 Å². The van der Waals surface area contributed by atoms with Crippen LogP contribution in [0.3, 0.4) is 0 Å². The Morgan fingerprint density at radius 2 is 2.10 bits per heavy atom. The molecule has 0 unspecified atom stereocenters. The van der Waals surface area contributed by atoms with Gasteiger partial charge in [-0.3, -0.25) is 14.2 Å². The third kappa shape index (κ3) is 3.66. The third-order valence-corrected chi connectivity index (χ3v) is 4.74. The summed E-state index contributed by atoms with van der Waals surface area (Å²) in [5.41, 5.74) is 0.118. The quantitative estimate of drug-likeness (QED) is 0.860. The second kappa shape index (κ2) is 5.92. The molecule has 10 heteroatoms. The topological polar surface area (TPSA) is 101 Å². The van der Waals surface area contributed by atoms with Gasteiger partial charge in [-0.1, -0.05) is 29.3 Å². The molecule has 0 aliphatic heterocycles. The zero-order valence-electron chi connectivity index (χ0n) is 10.3. The number of nitrogens with one attached hydrogen (secondary N) is 1. The molecule has 0 aliphatic carbocycles. The van der Waals surface area contributed by atoms with E-state index < -0.39 is 16.0 Å². The Morgan fingerprint density at radius 3 is 2.76 bits per heavy atom. The smallest absolute Gasteiger partial charge is 0.325 e. The fraction of sp³-hybridized carbons (Fsp3) is 0.0909. The maximum absolute atomic E-state index is 12.2. The number of carboxylic acids is 1. The van der Waals surface area contributed by atoms with Crippen molar-refractivity contribution in [1.82, 2.24) is 9.78 Å². The summed E-state index contributed by atoms with van der Waals surface area (Å²) in [5, 5.41) is 12.4. The molecule has 0 saturated carbocycles. The van der Waals surface area contributed by atoms with Crippen LogP contribution in [0.5, 0.6) is 0 Å². The van der Waals surface area contributed by atoms with Gasteiger partial charge < -0.3 is 5.11 Å². The first-order valence-electron chi connectivity index (χ1n) is 5.50. The Balaban J connectivity index is 2.27. The molecular weight excluding hydrogens is 341 g/mol. The minimum Gasteiger partial charge on any atom is -0.480 e. The number of carbonyl (C=O) groups is 1. The number of benzene rings is 1. The SMILES string of the molecule is O=C(O)Cn1cc(NS(=O)(=O)c2cccc(Cl)c2Cl)cn1. The first-order valence-corrected chi connectivity index (χ1v) is 7.74. The number of anilines is 1. The molecule has 1 aromatic carbocycles. The van der Waals surface area contributed by atoms with Crippen LogP contribution in [0.4, 0.5) is 5.69 Å². The number of carboxylic acid groups (broad SMARTS) is 1. The molecule has 7 nitrogen and oxygen atoms in total. The van der Waals surface area contributed by atoms with E-state index in [0.717, 1.165) is 4.68 Å². The van der Waals surface area contributed by atoms with Crippen LogP contribution in [-0.4, -0.2) is 29.3 Å². The molecule has 2 rings (SSSR count). The van der Waals surface area contributed by atoms with Crippen molar-refractivity contribution in [1.29, 1.82) is 0 Å². The molecule has 0 fully saturated rings. The van der Waals surface area contributed by atoms with Crippen molar-refractivity contribution >= 4 is 44.9 Å². The van der Waals surface area contributed by atoms with Gasteiger partial charge in [0.15, 0.2) is 0 Å². The highest BCUT2D eigenvalue weighted by Crippen LogP contribution is 2.29. The molecule has 0 atom stereocenters. The van der Waals surface area contributed by atoms with Crippen LogP contribution in [0.2, 0.25) is 10.0 Å². The highest BCUT2D eigenvalue weighted by Gasteiger charge is 2.20. The van der Waals surface area contributed by atoms with Gasteiger partial charge in [0.25, 0.3) is 10.0 Å². The average molecular weight is 350 g/mol. The summed E-state index contributed by atoms with van der Waals surface area (Å²) >= 11 is 11.6. The largest absolute Gasteiger partial charge is 0.480 e. The molecule has 1 aromatic heterocycles. The van der Waals surface area contributed by atoms with Crippen LogP contribution < -0.4 is 4.72 Å². The third-order valence-electron chi connectivity index (χ3n) is 2.39. The van der Waals surface area contributed by atoms with Crippen LogP contribution in [0.1, 0.15) is 0 Å². The lowest BCUT2D eigenvalue weighted by Crippen LogP contribution is -2.13. The number of halogens is 2. The van der Waals surface area contributed by atoms with Crippen molar-refractivity contribution in [3.63, 3.8) is 0 Å². The van der Waals surface area contributed by atoms with Crippen molar-refractivity contribution in [2.24, 2.45) is 0 Å². The van der Waals surface area contributed by atoms with Crippen LogP contribution in [-0.2, 0) is 21.4 Å². The van der Waals surface area contributed by atoms with Gasteiger partial charge in [0, 0.05) is 6.20 Å². The Morgan fingerprint density at radius 1 is 1.38 bits per heavy atom. The van der Waals surface area contributed by atoms with Gasteiger partial charge in [-0.25, -0.2) is 8.42 Å². The van der Waals surface area contributed by atoms with Crippen LogP contribution >= 0.6 is 23.2 Å². The molecule has 21 heavy (non-hydrogen) atoms. The van der Waals surface area contributed by atoms with E-state index in [2.05, 4.69) is 9.82 Å². The molecule has 1 heterocycles. The molecule has 2 aromatic rings. The minimum atomic E-state index is -3.95. The molecule has 0 amide bonds. The van der Waals surface area contributed by atoms with Crippen molar-refractivity contribution < 1.29 is 18.3 Å². The first-order chi connectivity index (χ1) is 9.79. The number of aliphatic carboxylic acids is 1. The number of nitrogens with zero attached hydrogens (tertiary/aromatic N) is 2. The van der Waals surface area contributed by atoms with Gasteiger partial charge in [0.05, 0.1) is 21.9 Å². The molecular formula is C11H9Cl2N3O4S. The van der Waals surface area contributed by atoms with Gasteiger partial charge in [0.1, 0.15) is 11.4 Å². The Labute approximate surface area is 130 Å². The Hall–Kier alpha value is -1.77. The summed E-state index contributed by atoms with van der Waals surface area (Å²) in [4.78, 5) is 10.4. The maximum atomic E-state index is 12.2.